The third-order valence-electron chi connectivity index (χ3n) is 4.56. The fraction of sp³-hybridized carbons (Fsp3) is 0.0435. The van der Waals surface area contributed by atoms with Crippen LogP contribution in [0.1, 0.15) is 0 Å². The number of carbonyl (C=O) groups is 2. The molecule has 3 aromatic carbocycles. The van der Waals surface area contributed by atoms with Crippen LogP contribution in [0.15, 0.2) is 89.1 Å². The Morgan fingerprint density at radius 1 is 0.806 bits per heavy atom. The van der Waals surface area contributed by atoms with Gasteiger partial charge >= 0.3 is 11.9 Å². The molecule has 4 aromatic rings. The number of H-pyrrole nitrogens is 1. The van der Waals surface area contributed by atoms with Gasteiger partial charge in [0, 0.05) is 16.5 Å². The van der Waals surface area contributed by atoms with Crippen molar-refractivity contribution in [2.45, 2.75) is 6.10 Å². The molecule has 0 aliphatic heterocycles. The Hall–Kier alpha value is -4.46. The average molecular weight is 415 g/mol. The van der Waals surface area contributed by atoms with Crippen LogP contribution in [0.3, 0.4) is 0 Å². The second-order valence-electron chi connectivity index (χ2n) is 6.60. The summed E-state index contributed by atoms with van der Waals surface area (Å²) in [5.41, 5.74) is 3.40. The summed E-state index contributed by atoms with van der Waals surface area (Å²) in [6, 6.07) is 23.6. The number of azo groups is 1. The predicted molar refractivity (Wildman–Crippen MR) is 114 cm³/mol. The van der Waals surface area contributed by atoms with Gasteiger partial charge < -0.3 is 19.9 Å². The lowest BCUT2D eigenvalue weighted by Gasteiger charge is -2.12. The molecule has 1 heterocycles. The Kier molecular flexibility index (Phi) is 5.44. The van der Waals surface area contributed by atoms with E-state index in [0.717, 1.165) is 22.2 Å². The van der Waals surface area contributed by atoms with Crippen LogP contribution in [-0.4, -0.2) is 33.2 Å². The minimum absolute atomic E-state index is 0.00199. The van der Waals surface area contributed by atoms with Gasteiger partial charge in [-0.2, -0.15) is 0 Å². The molecule has 0 saturated carbocycles. The van der Waals surface area contributed by atoms with Gasteiger partial charge in [0.2, 0.25) is 0 Å². The predicted octanol–water partition coefficient (Wildman–Crippen LogP) is 5.17. The number of carboxylic acid groups (broad SMARTS) is 2. The highest BCUT2D eigenvalue weighted by molar-refractivity contribution is 5.99. The fourth-order valence-electron chi connectivity index (χ4n) is 3.12. The van der Waals surface area contributed by atoms with Gasteiger partial charge in [0.15, 0.2) is 0 Å². The van der Waals surface area contributed by atoms with Crippen molar-refractivity contribution >= 4 is 34.2 Å². The molecule has 8 nitrogen and oxygen atoms in total. The zero-order valence-electron chi connectivity index (χ0n) is 16.1. The number of nitrogens with zero attached hydrogens (tertiary/aromatic N) is 2. The molecule has 0 spiro atoms. The van der Waals surface area contributed by atoms with E-state index in [4.69, 9.17) is 14.9 Å². The molecule has 8 heteroatoms. The number of hydrogen-bond donors (Lipinski definition) is 3. The molecule has 154 valence electrons. The zero-order chi connectivity index (χ0) is 21.8. The number of aromatic amines is 1. The third-order valence-corrected chi connectivity index (χ3v) is 4.56. The summed E-state index contributed by atoms with van der Waals surface area (Å²) in [4.78, 5) is 25.7. The van der Waals surface area contributed by atoms with Crippen LogP contribution in [-0.2, 0) is 9.59 Å². The third kappa shape index (κ3) is 4.13. The number of ether oxygens (including phenoxy) is 1. The van der Waals surface area contributed by atoms with E-state index in [-0.39, 0.29) is 11.4 Å². The van der Waals surface area contributed by atoms with E-state index in [1.807, 2.05) is 54.6 Å². The van der Waals surface area contributed by atoms with E-state index in [9.17, 15) is 9.59 Å². The van der Waals surface area contributed by atoms with Crippen LogP contribution in [0, 0.1) is 0 Å². The number of hydrogen-bond acceptors (Lipinski definition) is 5. The molecule has 0 aliphatic carbocycles. The summed E-state index contributed by atoms with van der Waals surface area (Å²) >= 11 is 0. The number of aromatic nitrogens is 1. The van der Waals surface area contributed by atoms with Crippen LogP contribution in [0.2, 0.25) is 0 Å². The van der Waals surface area contributed by atoms with Crippen LogP contribution >= 0.6 is 0 Å². The minimum atomic E-state index is -2.05. The van der Waals surface area contributed by atoms with E-state index in [2.05, 4.69) is 15.2 Å². The Morgan fingerprint density at radius 2 is 1.45 bits per heavy atom. The molecule has 0 radical (unpaired) electrons. The molecule has 0 bridgehead atoms. The van der Waals surface area contributed by atoms with E-state index < -0.39 is 18.0 Å². The molecular formula is C23H17N3O5. The van der Waals surface area contributed by atoms with Crippen LogP contribution in [0.25, 0.3) is 22.2 Å². The Balaban J connectivity index is 1.77. The highest BCUT2D eigenvalue weighted by Gasteiger charge is 2.28. The number of aliphatic carboxylic acids is 2. The van der Waals surface area contributed by atoms with Gasteiger partial charge in [-0.25, -0.2) is 9.59 Å². The Labute approximate surface area is 176 Å². The van der Waals surface area contributed by atoms with Crippen LogP contribution in [0.4, 0.5) is 11.4 Å². The van der Waals surface area contributed by atoms with Crippen LogP contribution < -0.4 is 4.74 Å². The Morgan fingerprint density at radius 3 is 2.19 bits per heavy atom. The number of benzene rings is 3. The summed E-state index contributed by atoms with van der Waals surface area (Å²) in [5, 5.41) is 27.7. The van der Waals surface area contributed by atoms with E-state index in [1.54, 1.807) is 18.2 Å². The highest BCUT2D eigenvalue weighted by atomic mass is 16.5. The summed E-state index contributed by atoms with van der Waals surface area (Å²) in [7, 11) is 0. The van der Waals surface area contributed by atoms with Crippen molar-refractivity contribution in [2.24, 2.45) is 10.2 Å². The summed E-state index contributed by atoms with van der Waals surface area (Å²) in [5.74, 6) is -3.22. The number of fused-ring (bicyclic) bond motifs is 1. The maximum atomic E-state index is 11.2. The summed E-state index contributed by atoms with van der Waals surface area (Å²) in [6.07, 6.45) is -2.05. The highest BCUT2D eigenvalue weighted by Crippen LogP contribution is 2.39. The smallest absolute Gasteiger partial charge is 0.356 e. The van der Waals surface area contributed by atoms with Crippen molar-refractivity contribution in [3.05, 3.63) is 78.9 Å². The maximum Gasteiger partial charge on any atom is 0.356 e. The van der Waals surface area contributed by atoms with Gasteiger partial charge in [-0.1, -0.05) is 60.7 Å². The normalized spacial score (nSPS) is 11.3. The number of carboxylic acids is 2. The molecule has 0 atom stereocenters. The first-order chi connectivity index (χ1) is 15.0. The minimum Gasteiger partial charge on any atom is -0.478 e. The van der Waals surface area contributed by atoms with Crippen molar-refractivity contribution in [3.8, 4) is 17.0 Å². The average Bonchev–Trinajstić information content (AvgIpc) is 3.15. The van der Waals surface area contributed by atoms with E-state index in [1.165, 1.54) is 6.07 Å². The monoisotopic (exact) mass is 415 g/mol. The van der Waals surface area contributed by atoms with Crippen molar-refractivity contribution < 1.29 is 24.5 Å². The lowest BCUT2D eigenvalue weighted by molar-refractivity contribution is -0.158. The fourth-order valence-corrected chi connectivity index (χ4v) is 3.12. The second kappa shape index (κ2) is 8.50. The van der Waals surface area contributed by atoms with Crippen molar-refractivity contribution in [2.75, 3.05) is 0 Å². The quantitative estimate of drug-likeness (QED) is 0.284. The topological polar surface area (TPSA) is 124 Å². The molecule has 0 unspecified atom stereocenters. The van der Waals surface area contributed by atoms with Crippen molar-refractivity contribution in [1.29, 1.82) is 0 Å². The number of nitrogens with one attached hydrogen (secondary N) is 1. The molecule has 4 rings (SSSR count). The van der Waals surface area contributed by atoms with Crippen molar-refractivity contribution in [1.82, 2.24) is 4.98 Å². The first-order valence-electron chi connectivity index (χ1n) is 9.34. The molecular weight excluding hydrogens is 398 g/mol. The largest absolute Gasteiger partial charge is 0.478 e. The van der Waals surface area contributed by atoms with Gasteiger partial charge in [0.1, 0.15) is 17.1 Å². The summed E-state index contributed by atoms with van der Waals surface area (Å²) < 4.78 is 5.18. The van der Waals surface area contributed by atoms with Crippen molar-refractivity contribution in [3.63, 3.8) is 0 Å². The van der Waals surface area contributed by atoms with Gasteiger partial charge in [-0.15, -0.1) is 10.2 Å². The standard InChI is InChI=1S/C23H17N3O5/c27-22(28)21(23(29)30)31-18-13-7-6-12-17(18)25-26-20-15-10-4-5-11-16(15)24-19(20)14-8-2-1-3-9-14/h1-13,21,24H,(H,27,28)(H,29,30). The molecule has 0 saturated heterocycles. The molecule has 0 aliphatic rings. The number of rotatable bonds is 7. The maximum absolute atomic E-state index is 11.2. The second-order valence-corrected chi connectivity index (χ2v) is 6.60. The Bertz CT molecular complexity index is 1270. The van der Waals surface area contributed by atoms with Gasteiger partial charge in [0.25, 0.3) is 6.10 Å². The first kappa shape index (κ1) is 19.8. The lowest BCUT2D eigenvalue weighted by Crippen LogP contribution is -2.35. The van der Waals surface area contributed by atoms with Gasteiger partial charge in [0.05, 0.1) is 5.69 Å². The van der Waals surface area contributed by atoms with Crippen LogP contribution in [0.5, 0.6) is 5.75 Å². The molecule has 1 aromatic heterocycles. The molecule has 0 amide bonds. The van der Waals surface area contributed by atoms with Gasteiger partial charge in [-0.3, -0.25) is 0 Å². The molecule has 0 fully saturated rings. The first-order valence-corrected chi connectivity index (χ1v) is 9.34. The molecule has 31 heavy (non-hydrogen) atoms. The SMILES string of the molecule is O=C(O)C(Oc1ccccc1N=Nc1c(-c2ccccc2)[nH]c2ccccc12)C(=O)O. The lowest BCUT2D eigenvalue weighted by atomic mass is 10.1. The van der Waals surface area contributed by atoms with Gasteiger partial charge in [-0.05, 0) is 18.2 Å². The molecule has 3 N–H and O–H groups in total. The van der Waals surface area contributed by atoms with E-state index >= 15 is 0 Å². The zero-order valence-corrected chi connectivity index (χ0v) is 16.1. The summed E-state index contributed by atoms with van der Waals surface area (Å²) in [6.45, 7) is 0. The van der Waals surface area contributed by atoms with E-state index in [0.29, 0.717) is 5.69 Å². The number of para-hydroxylation sites is 2.